The summed E-state index contributed by atoms with van der Waals surface area (Å²) in [6.07, 6.45) is -1.76. The summed E-state index contributed by atoms with van der Waals surface area (Å²) in [6, 6.07) is 1.45. The van der Waals surface area contributed by atoms with E-state index in [9.17, 15) is 36.0 Å². The van der Waals surface area contributed by atoms with Gasteiger partial charge in [-0.2, -0.15) is 13.2 Å². The second-order valence-electron chi connectivity index (χ2n) is 6.95. The molecule has 3 rings (SSSR count). The zero-order valence-electron chi connectivity index (χ0n) is 17.1. The fourth-order valence-electron chi connectivity index (χ4n) is 3.22. The summed E-state index contributed by atoms with van der Waals surface area (Å²) in [4.78, 5) is 44.0. The van der Waals surface area contributed by atoms with Crippen LogP contribution in [0, 0.1) is 6.92 Å². The fourth-order valence-corrected chi connectivity index (χ4v) is 4.13. The normalized spacial score (nSPS) is 12.3. The predicted octanol–water partition coefficient (Wildman–Crippen LogP) is 1.43. The molecule has 0 bridgehead atoms. The van der Waals surface area contributed by atoms with Gasteiger partial charge in [0.2, 0.25) is 0 Å². The second-order valence-corrected chi connectivity index (χ2v) is 8.77. The first-order valence-corrected chi connectivity index (χ1v) is 11.1. The van der Waals surface area contributed by atoms with Crippen LogP contribution in [-0.4, -0.2) is 39.8 Å². The molecule has 0 aliphatic carbocycles. The Kier molecular flexibility index (Phi) is 5.76. The number of carbonyl (C=O) groups is 1. The highest BCUT2D eigenvalue weighted by Crippen LogP contribution is 2.35. The summed E-state index contributed by atoms with van der Waals surface area (Å²) >= 11 is 0. The average molecular weight is 473 g/mol. The van der Waals surface area contributed by atoms with E-state index in [1.807, 2.05) is 0 Å². The fraction of sp³-hybridized carbons (Fsp3) is 0.333. The quantitative estimate of drug-likeness (QED) is 0.597. The number of hydrogen-bond donors (Lipinski definition) is 1. The third kappa shape index (κ3) is 4.04. The molecule has 0 saturated carbocycles. The zero-order valence-corrected chi connectivity index (χ0v) is 17.9. The Bertz CT molecular complexity index is 1440. The van der Waals surface area contributed by atoms with Crippen molar-refractivity contribution >= 4 is 26.8 Å². The highest BCUT2D eigenvalue weighted by atomic mass is 32.2. The van der Waals surface area contributed by atoms with Crippen LogP contribution in [0.1, 0.15) is 31.2 Å². The molecule has 0 fully saturated rings. The smallest absolute Gasteiger partial charge is 0.305 e. The number of fused-ring (bicyclic) bond motifs is 1. The maximum Gasteiger partial charge on any atom is 0.418 e. The topological polar surface area (TPSA) is 127 Å². The van der Waals surface area contributed by atoms with Crippen LogP contribution in [-0.2, 0) is 21.0 Å². The molecule has 10 nitrogen and oxygen atoms in total. The molecule has 1 aromatic carbocycles. The monoisotopic (exact) mass is 473 g/mol. The molecule has 0 spiro atoms. The lowest BCUT2D eigenvalue weighted by Crippen LogP contribution is -2.55. The summed E-state index contributed by atoms with van der Waals surface area (Å²) in [5.74, 6) is -0.852. The molecule has 1 amide bonds. The van der Waals surface area contributed by atoms with Crippen LogP contribution in [0.25, 0.3) is 16.6 Å². The molecule has 0 aliphatic heterocycles. The lowest BCUT2D eigenvalue weighted by Gasteiger charge is -2.21. The first kappa shape index (κ1) is 23.2. The van der Waals surface area contributed by atoms with E-state index in [0.29, 0.717) is 12.3 Å². The van der Waals surface area contributed by atoms with Gasteiger partial charge in [0.15, 0.2) is 0 Å². The molecule has 1 N–H and O–H groups in total. The van der Waals surface area contributed by atoms with Crippen molar-refractivity contribution in [1.29, 1.82) is 0 Å². The van der Waals surface area contributed by atoms with Crippen LogP contribution >= 0.6 is 0 Å². The number of rotatable bonds is 5. The van der Waals surface area contributed by atoms with Crippen molar-refractivity contribution < 1.29 is 26.4 Å². The number of benzene rings is 1. The highest BCUT2D eigenvalue weighted by molar-refractivity contribution is 7.92. The number of aromatic nitrogens is 4. The summed E-state index contributed by atoms with van der Waals surface area (Å²) in [7, 11) is -4.41. The number of alkyl halides is 3. The SMILES string of the molecule is CCCC(=O)N(n1c(=O)[nH]c2cc(C(F)(F)F)c(-n3ccnc3C)cc2c1=O)S(C)(=O)=O. The number of amides is 1. The van der Waals surface area contributed by atoms with Gasteiger partial charge in [-0.3, -0.25) is 9.59 Å². The molecular formula is C18H18F3N5O5S. The van der Waals surface area contributed by atoms with Crippen molar-refractivity contribution in [3.05, 3.63) is 56.8 Å². The number of imidazole rings is 1. The van der Waals surface area contributed by atoms with Gasteiger partial charge in [0.25, 0.3) is 21.5 Å². The standard InChI is InChI=1S/C18H18F3N5O5S/c1-4-5-15(27)26(32(3,30)31)25-16(28)11-8-14(24-7-6-22-10(24)2)12(18(19,20)21)9-13(11)23-17(25)29/h6-9H,4-5H2,1-3H3,(H,23,29). The van der Waals surface area contributed by atoms with Gasteiger partial charge in [-0.05, 0) is 25.5 Å². The summed E-state index contributed by atoms with van der Waals surface area (Å²) < 4.78 is 66.7. The molecule has 172 valence electrons. The van der Waals surface area contributed by atoms with Crippen molar-refractivity contribution in [3.8, 4) is 5.69 Å². The van der Waals surface area contributed by atoms with E-state index >= 15 is 0 Å². The van der Waals surface area contributed by atoms with E-state index in [0.717, 1.165) is 10.6 Å². The van der Waals surface area contributed by atoms with Crippen molar-refractivity contribution in [3.63, 3.8) is 0 Å². The molecular weight excluding hydrogens is 455 g/mol. The average Bonchev–Trinajstić information content (AvgIpc) is 3.08. The van der Waals surface area contributed by atoms with Crippen LogP contribution in [0.4, 0.5) is 13.2 Å². The van der Waals surface area contributed by atoms with Crippen LogP contribution < -0.4 is 15.7 Å². The number of sulfonamides is 1. The Balaban J connectivity index is 2.44. The van der Waals surface area contributed by atoms with Crippen LogP contribution in [0.5, 0.6) is 0 Å². The Morgan fingerprint density at radius 1 is 1.25 bits per heavy atom. The third-order valence-electron chi connectivity index (χ3n) is 4.56. The highest BCUT2D eigenvalue weighted by Gasteiger charge is 2.36. The molecule has 2 aromatic heterocycles. The largest absolute Gasteiger partial charge is 0.418 e. The molecule has 2 heterocycles. The van der Waals surface area contributed by atoms with Gasteiger partial charge in [0.05, 0.1) is 28.4 Å². The first-order valence-electron chi connectivity index (χ1n) is 9.21. The summed E-state index contributed by atoms with van der Waals surface area (Å²) in [6.45, 7) is 3.04. The van der Waals surface area contributed by atoms with Crippen LogP contribution in [0.3, 0.4) is 0 Å². The van der Waals surface area contributed by atoms with Crippen molar-refractivity contribution in [1.82, 2.24) is 19.2 Å². The maximum absolute atomic E-state index is 13.7. The predicted molar refractivity (Wildman–Crippen MR) is 109 cm³/mol. The van der Waals surface area contributed by atoms with Crippen molar-refractivity contribution in [2.75, 3.05) is 10.7 Å². The Labute approximate surface area is 178 Å². The van der Waals surface area contributed by atoms with Crippen molar-refractivity contribution in [2.24, 2.45) is 0 Å². The number of aryl methyl sites for hydroxylation is 1. The molecule has 0 unspecified atom stereocenters. The van der Waals surface area contributed by atoms with E-state index in [4.69, 9.17) is 0 Å². The molecule has 14 heteroatoms. The Hall–Kier alpha value is -3.42. The van der Waals surface area contributed by atoms with Gasteiger partial charge in [0, 0.05) is 18.8 Å². The van der Waals surface area contributed by atoms with E-state index in [2.05, 4.69) is 9.97 Å². The minimum absolute atomic E-state index is 0.0247. The Morgan fingerprint density at radius 2 is 1.91 bits per heavy atom. The van der Waals surface area contributed by atoms with Gasteiger partial charge in [-0.25, -0.2) is 18.2 Å². The van der Waals surface area contributed by atoms with E-state index in [-0.39, 0.29) is 27.8 Å². The first-order chi connectivity index (χ1) is 14.8. The minimum Gasteiger partial charge on any atom is -0.305 e. The number of halogens is 3. The third-order valence-corrected chi connectivity index (χ3v) is 5.55. The van der Waals surface area contributed by atoms with Gasteiger partial charge < -0.3 is 9.55 Å². The molecule has 3 aromatic rings. The second kappa shape index (κ2) is 7.93. The van der Waals surface area contributed by atoms with E-state index in [1.54, 1.807) is 6.92 Å². The lowest BCUT2D eigenvalue weighted by atomic mass is 10.1. The minimum atomic E-state index is -4.85. The van der Waals surface area contributed by atoms with E-state index in [1.165, 1.54) is 19.3 Å². The number of carbonyl (C=O) groups excluding carboxylic acids is 1. The number of hydrogen-bond acceptors (Lipinski definition) is 6. The van der Waals surface area contributed by atoms with Gasteiger partial charge in [0.1, 0.15) is 5.82 Å². The maximum atomic E-state index is 13.7. The van der Waals surface area contributed by atoms with Gasteiger partial charge >= 0.3 is 11.9 Å². The van der Waals surface area contributed by atoms with E-state index < -0.39 is 55.5 Å². The van der Waals surface area contributed by atoms with Gasteiger partial charge in [-0.15, -0.1) is 9.09 Å². The van der Waals surface area contributed by atoms with Crippen molar-refractivity contribution in [2.45, 2.75) is 32.9 Å². The number of nitrogens with one attached hydrogen (secondary N) is 1. The molecule has 0 saturated heterocycles. The van der Waals surface area contributed by atoms with Crippen LogP contribution in [0.2, 0.25) is 0 Å². The number of H-pyrrole nitrogens is 1. The van der Waals surface area contributed by atoms with Crippen LogP contribution in [0.15, 0.2) is 34.1 Å². The summed E-state index contributed by atoms with van der Waals surface area (Å²) in [5.41, 5.74) is -4.73. The molecule has 0 aliphatic rings. The van der Waals surface area contributed by atoms with Gasteiger partial charge in [-0.1, -0.05) is 6.92 Å². The summed E-state index contributed by atoms with van der Waals surface area (Å²) in [5, 5.41) is -0.432. The number of nitrogens with zero attached hydrogens (tertiary/aromatic N) is 4. The molecule has 0 atom stereocenters. The number of aromatic amines is 1. The zero-order chi connectivity index (χ0) is 24.0. The molecule has 32 heavy (non-hydrogen) atoms. The Morgan fingerprint density at radius 3 is 2.41 bits per heavy atom. The lowest BCUT2D eigenvalue weighted by molar-refractivity contribution is -0.137. The molecule has 0 radical (unpaired) electrons.